The van der Waals surface area contributed by atoms with E-state index in [1.54, 1.807) is 0 Å². The lowest BCUT2D eigenvalue weighted by molar-refractivity contribution is 0.596. The minimum Gasteiger partial charge on any atom is -0.243 e. The molecule has 0 atom stereocenters. The van der Waals surface area contributed by atoms with E-state index in [1.165, 1.54) is 11.1 Å². The highest BCUT2D eigenvalue weighted by molar-refractivity contribution is 5.30. The summed E-state index contributed by atoms with van der Waals surface area (Å²) in [6, 6.07) is 10.3. The molecule has 2 rings (SSSR count). The average Bonchev–Trinajstić information content (AvgIpc) is 2.75. The van der Waals surface area contributed by atoms with E-state index >= 15 is 0 Å². The predicted molar refractivity (Wildman–Crippen MR) is 69.1 cm³/mol. The molecule has 0 N–H and O–H groups in total. The van der Waals surface area contributed by atoms with Gasteiger partial charge in [-0.2, -0.15) is 5.26 Å². The number of rotatable bonds is 3. The second kappa shape index (κ2) is 5.01. The Labute approximate surface area is 107 Å². The van der Waals surface area contributed by atoms with Crippen molar-refractivity contribution >= 4 is 0 Å². The van der Waals surface area contributed by atoms with Crippen LogP contribution in [-0.2, 0) is 6.54 Å². The Hall–Kier alpha value is -2.15. The van der Waals surface area contributed by atoms with Crippen LogP contribution in [0.15, 0.2) is 24.3 Å². The van der Waals surface area contributed by atoms with E-state index in [1.807, 2.05) is 30.7 Å². The van der Waals surface area contributed by atoms with Crippen LogP contribution in [0.25, 0.3) is 0 Å². The molecule has 18 heavy (non-hydrogen) atoms. The Morgan fingerprint density at radius 3 is 2.67 bits per heavy atom. The fourth-order valence-electron chi connectivity index (χ4n) is 2.04. The maximum Gasteiger partial charge on any atom is 0.186 e. The molecule has 0 unspecified atom stereocenters. The van der Waals surface area contributed by atoms with Crippen molar-refractivity contribution in [3.8, 4) is 6.07 Å². The van der Waals surface area contributed by atoms with Crippen LogP contribution in [0.3, 0.4) is 0 Å². The second-order valence-electron chi connectivity index (χ2n) is 4.67. The third-order valence-electron chi connectivity index (χ3n) is 3.01. The highest BCUT2D eigenvalue weighted by atomic mass is 15.4. The average molecular weight is 240 g/mol. The minimum atomic E-state index is 0.235. The van der Waals surface area contributed by atoms with Gasteiger partial charge in [0, 0.05) is 0 Å². The summed E-state index contributed by atoms with van der Waals surface area (Å²) in [5, 5.41) is 17.1. The SMILES string of the molecule is Cc1ccccc1Cn1nnc(C#N)c1C(C)C. The summed E-state index contributed by atoms with van der Waals surface area (Å²) >= 11 is 0. The molecule has 0 amide bonds. The van der Waals surface area contributed by atoms with Crippen molar-refractivity contribution in [3.63, 3.8) is 0 Å². The Morgan fingerprint density at radius 2 is 2.06 bits per heavy atom. The molecule has 0 aliphatic heterocycles. The molecular formula is C14H16N4. The minimum absolute atomic E-state index is 0.235. The van der Waals surface area contributed by atoms with Gasteiger partial charge in [0.2, 0.25) is 0 Å². The Balaban J connectivity index is 2.39. The van der Waals surface area contributed by atoms with Crippen LogP contribution >= 0.6 is 0 Å². The molecule has 1 aromatic carbocycles. The second-order valence-corrected chi connectivity index (χ2v) is 4.67. The largest absolute Gasteiger partial charge is 0.243 e. The lowest BCUT2D eigenvalue weighted by atomic mass is 10.1. The van der Waals surface area contributed by atoms with Gasteiger partial charge < -0.3 is 0 Å². The molecule has 4 nitrogen and oxygen atoms in total. The van der Waals surface area contributed by atoms with E-state index in [4.69, 9.17) is 5.26 Å². The summed E-state index contributed by atoms with van der Waals surface area (Å²) < 4.78 is 1.82. The lowest BCUT2D eigenvalue weighted by Crippen LogP contribution is -2.09. The van der Waals surface area contributed by atoms with Gasteiger partial charge in [-0.15, -0.1) is 5.10 Å². The number of aryl methyl sites for hydroxylation is 1. The number of hydrogen-bond donors (Lipinski definition) is 0. The van der Waals surface area contributed by atoms with Gasteiger partial charge in [0.1, 0.15) is 6.07 Å². The molecule has 0 aliphatic carbocycles. The van der Waals surface area contributed by atoms with E-state index < -0.39 is 0 Å². The number of nitriles is 1. The molecule has 1 heterocycles. The summed E-state index contributed by atoms with van der Waals surface area (Å²) in [7, 11) is 0. The number of hydrogen-bond acceptors (Lipinski definition) is 3. The first-order valence-electron chi connectivity index (χ1n) is 6.01. The smallest absolute Gasteiger partial charge is 0.186 e. The van der Waals surface area contributed by atoms with E-state index in [2.05, 4.69) is 35.4 Å². The maximum atomic E-state index is 9.04. The Morgan fingerprint density at radius 1 is 1.33 bits per heavy atom. The summed E-state index contributed by atoms with van der Waals surface area (Å²) in [5.41, 5.74) is 3.76. The van der Waals surface area contributed by atoms with Gasteiger partial charge in [0.15, 0.2) is 5.69 Å². The molecule has 0 radical (unpaired) electrons. The molecule has 0 bridgehead atoms. The molecule has 0 saturated carbocycles. The number of benzene rings is 1. The van der Waals surface area contributed by atoms with E-state index in [0.717, 1.165) is 5.69 Å². The van der Waals surface area contributed by atoms with E-state index in [0.29, 0.717) is 12.2 Å². The highest BCUT2D eigenvalue weighted by Gasteiger charge is 2.16. The van der Waals surface area contributed by atoms with Crippen molar-refractivity contribution in [2.75, 3.05) is 0 Å². The third kappa shape index (κ3) is 2.25. The van der Waals surface area contributed by atoms with Gasteiger partial charge in [-0.1, -0.05) is 43.3 Å². The Kier molecular flexibility index (Phi) is 3.42. The summed E-state index contributed by atoms with van der Waals surface area (Å²) in [5.74, 6) is 0.235. The van der Waals surface area contributed by atoms with Crippen molar-refractivity contribution in [1.29, 1.82) is 5.26 Å². The van der Waals surface area contributed by atoms with Gasteiger partial charge >= 0.3 is 0 Å². The highest BCUT2D eigenvalue weighted by Crippen LogP contribution is 2.19. The van der Waals surface area contributed by atoms with Crippen LogP contribution in [0.5, 0.6) is 0 Å². The van der Waals surface area contributed by atoms with Crippen LogP contribution in [0.2, 0.25) is 0 Å². The topological polar surface area (TPSA) is 54.5 Å². The van der Waals surface area contributed by atoms with E-state index in [-0.39, 0.29) is 5.92 Å². The van der Waals surface area contributed by atoms with E-state index in [9.17, 15) is 0 Å². The van der Waals surface area contributed by atoms with Gasteiger partial charge in [0.25, 0.3) is 0 Å². The number of aromatic nitrogens is 3. The van der Waals surface area contributed by atoms with Crippen LogP contribution in [0.4, 0.5) is 0 Å². The quantitative estimate of drug-likeness (QED) is 0.828. The van der Waals surface area contributed by atoms with Gasteiger partial charge in [-0.05, 0) is 24.0 Å². The molecule has 0 fully saturated rings. The molecule has 4 heteroatoms. The van der Waals surface area contributed by atoms with Gasteiger partial charge in [-0.25, -0.2) is 4.68 Å². The van der Waals surface area contributed by atoms with Crippen LogP contribution in [-0.4, -0.2) is 15.0 Å². The molecular weight excluding hydrogens is 224 g/mol. The first-order valence-corrected chi connectivity index (χ1v) is 6.01. The molecule has 92 valence electrons. The van der Waals surface area contributed by atoms with Gasteiger partial charge in [-0.3, -0.25) is 0 Å². The van der Waals surface area contributed by atoms with Gasteiger partial charge in [0.05, 0.1) is 12.2 Å². The van der Waals surface area contributed by atoms with Crippen molar-refractivity contribution in [1.82, 2.24) is 15.0 Å². The zero-order chi connectivity index (χ0) is 13.1. The summed E-state index contributed by atoms with van der Waals surface area (Å²) in [6.45, 7) is 6.84. The van der Waals surface area contributed by atoms with Crippen molar-refractivity contribution < 1.29 is 0 Å². The Bertz CT molecular complexity index is 590. The molecule has 2 aromatic rings. The first-order chi connectivity index (χ1) is 8.63. The maximum absolute atomic E-state index is 9.04. The van der Waals surface area contributed by atoms with Crippen molar-refractivity contribution in [3.05, 3.63) is 46.8 Å². The molecule has 0 spiro atoms. The molecule has 0 aliphatic rings. The zero-order valence-electron chi connectivity index (χ0n) is 10.9. The van der Waals surface area contributed by atoms with Crippen LogP contribution < -0.4 is 0 Å². The normalized spacial score (nSPS) is 10.6. The van der Waals surface area contributed by atoms with Crippen LogP contribution in [0.1, 0.15) is 42.3 Å². The van der Waals surface area contributed by atoms with Crippen LogP contribution in [0, 0.1) is 18.3 Å². The zero-order valence-corrected chi connectivity index (χ0v) is 10.9. The fraction of sp³-hybridized carbons (Fsp3) is 0.357. The lowest BCUT2D eigenvalue weighted by Gasteiger charge is -2.10. The third-order valence-corrected chi connectivity index (χ3v) is 3.01. The molecule has 0 saturated heterocycles. The summed E-state index contributed by atoms with van der Waals surface area (Å²) in [4.78, 5) is 0. The van der Waals surface area contributed by atoms with Crippen molar-refractivity contribution in [2.45, 2.75) is 33.2 Å². The predicted octanol–water partition coefficient (Wildman–Crippen LogP) is 2.63. The monoisotopic (exact) mass is 240 g/mol. The fourth-order valence-corrected chi connectivity index (χ4v) is 2.04. The summed E-state index contributed by atoms with van der Waals surface area (Å²) in [6.07, 6.45) is 0. The standard InChI is InChI=1S/C14H16N4/c1-10(2)14-13(8-15)16-17-18(14)9-12-7-5-4-6-11(12)3/h4-7,10H,9H2,1-3H3. The first kappa shape index (κ1) is 12.3. The molecule has 1 aromatic heterocycles. The number of nitrogens with zero attached hydrogens (tertiary/aromatic N) is 4. The van der Waals surface area contributed by atoms with Crippen molar-refractivity contribution in [2.24, 2.45) is 0 Å².